The number of halogens is 8. The van der Waals surface area contributed by atoms with E-state index >= 15 is 0 Å². The van der Waals surface area contributed by atoms with Gasteiger partial charge in [0, 0.05) is 0 Å². The van der Waals surface area contributed by atoms with Crippen LogP contribution in [0, 0.1) is 0 Å². The predicted molar refractivity (Wildman–Crippen MR) is 22.0 cm³/mol. The van der Waals surface area contributed by atoms with E-state index in [1.54, 1.807) is 0 Å². The van der Waals surface area contributed by atoms with Crippen molar-refractivity contribution in [3.8, 4) is 0 Å². The van der Waals surface area contributed by atoms with Crippen LogP contribution in [-0.2, 0) is 9.47 Å². The molecule has 0 spiro atoms. The Labute approximate surface area is 70.4 Å². The summed E-state index contributed by atoms with van der Waals surface area (Å²) in [5.41, 5.74) is 0. The summed E-state index contributed by atoms with van der Waals surface area (Å²) in [6.45, 7) is 0. The molecule has 0 aliphatic carbocycles. The summed E-state index contributed by atoms with van der Waals surface area (Å²) in [6.07, 6.45) is -23.3. The molecule has 2 nitrogen and oxygen atoms in total. The summed E-state index contributed by atoms with van der Waals surface area (Å²) in [5.74, 6) is 0. The molecule has 0 aromatic heterocycles. The van der Waals surface area contributed by atoms with Crippen molar-refractivity contribution in [3.63, 3.8) is 0 Å². The van der Waals surface area contributed by atoms with Gasteiger partial charge in [0.1, 0.15) is 0 Å². The van der Waals surface area contributed by atoms with Crippen molar-refractivity contribution in [2.45, 2.75) is 24.4 Å². The Bertz CT molecular complexity index is 198. The molecule has 0 aromatic carbocycles. The first-order valence-corrected chi connectivity index (χ1v) is 2.83. The summed E-state index contributed by atoms with van der Waals surface area (Å²) < 4.78 is 99.3. The van der Waals surface area contributed by atoms with Crippen molar-refractivity contribution in [2.24, 2.45) is 0 Å². The average Bonchev–Trinajstić information content (AvgIpc) is 1.78. The summed E-state index contributed by atoms with van der Waals surface area (Å²) in [6, 6.07) is 0. The lowest BCUT2D eigenvalue weighted by atomic mass is 10.4. The fraction of sp³-hybridized carbons (Fsp3) is 1.00. The van der Waals surface area contributed by atoms with Gasteiger partial charge in [-0.1, -0.05) is 0 Å². The maximum absolute atomic E-state index is 11.9. The molecule has 1 heterocycles. The van der Waals surface area contributed by atoms with Crippen LogP contribution in [-0.4, -0.2) is 24.4 Å². The number of hydrogen-bond donors (Lipinski definition) is 0. The molecular weight excluding hydrogens is 232 g/mol. The van der Waals surface area contributed by atoms with Crippen molar-refractivity contribution < 1.29 is 44.6 Å². The lowest BCUT2D eigenvalue weighted by Gasteiger charge is -2.38. The summed E-state index contributed by atoms with van der Waals surface area (Å²) in [4.78, 5) is 0. The van der Waals surface area contributed by atoms with Gasteiger partial charge in [-0.15, -0.1) is 0 Å². The Morgan fingerprint density at radius 2 is 0.571 bits per heavy atom. The maximum Gasteiger partial charge on any atom is 0.453 e. The number of alkyl halides is 8. The molecular formula is C4F8O2. The standard InChI is InChI=1S/C4F8O2/c5-1(6)2(7,8)14-4(11,12)3(9,10)13-1. The van der Waals surface area contributed by atoms with E-state index in [-0.39, 0.29) is 0 Å². The third-order valence-corrected chi connectivity index (χ3v) is 1.19. The van der Waals surface area contributed by atoms with Crippen LogP contribution in [0.4, 0.5) is 35.1 Å². The third kappa shape index (κ3) is 1.41. The minimum absolute atomic E-state index is 2.00. The topological polar surface area (TPSA) is 18.5 Å². The number of hydrogen-bond acceptors (Lipinski definition) is 2. The second kappa shape index (κ2) is 2.48. The second-order valence-corrected chi connectivity index (χ2v) is 2.27. The van der Waals surface area contributed by atoms with Crippen molar-refractivity contribution in [3.05, 3.63) is 0 Å². The minimum atomic E-state index is -5.82. The van der Waals surface area contributed by atoms with E-state index in [0.717, 1.165) is 0 Å². The number of ether oxygens (including phenoxy) is 2. The molecule has 0 aromatic rings. The van der Waals surface area contributed by atoms with Gasteiger partial charge in [-0.3, -0.25) is 0 Å². The SMILES string of the molecule is FC1(F)OC(F)(F)C(F)(F)OC1(F)F. The average molecular weight is 232 g/mol. The van der Waals surface area contributed by atoms with Crippen molar-refractivity contribution in [1.29, 1.82) is 0 Å². The van der Waals surface area contributed by atoms with Crippen molar-refractivity contribution in [1.82, 2.24) is 0 Å². The van der Waals surface area contributed by atoms with Gasteiger partial charge in [0.25, 0.3) is 0 Å². The highest BCUT2D eigenvalue weighted by atomic mass is 19.4. The zero-order chi connectivity index (χ0) is 11.4. The monoisotopic (exact) mass is 232 g/mol. The van der Waals surface area contributed by atoms with Gasteiger partial charge in [0.05, 0.1) is 0 Å². The predicted octanol–water partition coefficient (Wildman–Crippen LogP) is 2.40. The lowest BCUT2D eigenvalue weighted by molar-refractivity contribution is -0.610. The second-order valence-electron chi connectivity index (χ2n) is 2.27. The Morgan fingerprint density at radius 1 is 0.429 bits per heavy atom. The molecule has 0 atom stereocenters. The zero-order valence-electron chi connectivity index (χ0n) is 5.84. The largest absolute Gasteiger partial charge is 0.453 e. The highest BCUT2D eigenvalue weighted by Crippen LogP contribution is 2.53. The van der Waals surface area contributed by atoms with Crippen LogP contribution in [0.15, 0.2) is 0 Å². The molecule has 1 saturated heterocycles. The van der Waals surface area contributed by atoms with Crippen LogP contribution in [0.1, 0.15) is 0 Å². The normalized spacial score (nSPS) is 32.6. The number of rotatable bonds is 0. The molecule has 1 aliphatic rings. The summed E-state index contributed by atoms with van der Waals surface area (Å²) >= 11 is 0. The molecule has 1 fully saturated rings. The van der Waals surface area contributed by atoms with Gasteiger partial charge in [-0.2, -0.15) is 35.1 Å². The first-order chi connectivity index (χ1) is 5.91. The van der Waals surface area contributed by atoms with E-state index in [2.05, 4.69) is 0 Å². The Hall–Kier alpha value is -0.640. The van der Waals surface area contributed by atoms with Crippen LogP contribution in [0.2, 0.25) is 0 Å². The van der Waals surface area contributed by atoms with Crippen LogP contribution in [0.5, 0.6) is 0 Å². The lowest BCUT2D eigenvalue weighted by Crippen LogP contribution is -2.64. The molecule has 14 heavy (non-hydrogen) atoms. The minimum Gasteiger partial charge on any atom is -0.241 e. The molecule has 0 unspecified atom stereocenters. The summed E-state index contributed by atoms with van der Waals surface area (Å²) in [5, 5.41) is 0. The van der Waals surface area contributed by atoms with E-state index in [0.29, 0.717) is 0 Å². The molecule has 0 N–H and O–H groups in total. The Kier molecular flexibility index (Phi) is 2.03. The van der Waals surface area contributed by atoms with E-state index in [4.69, 9.17) is 0 Å². The van der Waals surface area contributed by atoms with Crippen LogP contribution in [0.25, 0.3) is 0 Å². The van der Waals surface area contributed by atoms with E-state index in [1.165, 1.54) is 0 Å². The fourth-order valence-electron chi connectivity index (χ4n) is 0.560. The summed E-state index contributed by atoms with van der Waals surface area (Å²) in [7, 11) is 0. The maximum atomic E-state index is 11.9. The van der Waals surface area contributed by atoms with Gasteiger partial charge < -0.3 is 0 Å². The van der Waals surface area contributed by atoms with Crippen molar-refractivity contribution >= 4 is 0 Å². The van der Waals surface area contributed by atoms with Gasteiger partial charge in [0.2, 0.25) is 0 Å². The van der Waals surface area contributed by atoms with E-state index in [1.807, 2.05) is 9.47 Å². The Balaban J connectivity index is 3.07. The van der Waals surface area contributed by atoms with Gasteiger partial charge in [-0.05, 0) is 0 Å². The van der Waals surface area contributed by atoms with Gasteiger partial charge >= 0.3 is 24.4 Å². The quantitative estimate of drug-likeness (QED) is 0.597. The zero-order valence-corrected chi connectivity index (χ0v) is 5.84. The smallest absolute Gasteiger partial charge is 0.241 e. The van der Waals surface area contributed by atoms with Crippen LogP contribution in [0.3, 0.4) is 0 Å². The van der Waals surface area contributed by atoms with Gasteiger partial charge in [-0.25, -0.2) is 9.47 Å². The van der Waals surface area contributed by atoms with E-state index < -0.39 is 24.4 Å². The highest BCUT2D eigenvalue weighted by molar-refractivity contribution is 4.82. The first-order valence-electron chi connectivity index (χ1n) is 2.83. The fourth-order valence-corrected chi connectivity index (χ4v) is 0.560. The molecule has 0 amide bonds. The molecule has 0 saturated carbocycles. The third-order valence-electron chi connectivity index (χ3n) is 1.19. The van der Waals surface area contributed by atoms with Crippen molar-refractivity contribution in [2.75, 3.05) is 0 Å². The molecule has 10 heteroatoms. The van der Waals surface area contributed by atoms with E-state index in [9.17, 15) is 35.1 Å². The highest BCUT2D eigenvalue weighted by Gasteiger charge is 2.80. The van der Waals surface area contributed by atoms with Gasteiger partial charge in [0.15, 0.2) is 0 Å². The molecule has 1 aliphatic heterocycles. The van der Waals surface area contributed by atoms with Crippen LogP contribution >= 0.6 is 0 Å². The molecule has 0 bridgehead atoms. The molecule has 84 valence electrons. The van der Waals surface area contributed by atoms with Crippen LogP contribution < -0.4 is 0 Å². The molecule has 0 radical (unpaired) electrons. The Morgan fingerprint density at radius 3 is 0.714 bits per heavy atom. The molecule has 1 rings (SSSR count). The first kappa shape index (κ1) is 11.4.